The molecule has 1 N–H and O–H groups in total. The molecule has 0 fully saturated rings. The molecule has 5 nitrogen and oxygen atoms in total. The summed E-state index contributed by atoms with van der Waals surface area (Å²) in [5.74, 6) is 2.21. The Morgan fingerprint density at radius 1 is 0.688 bits per heavy atom. The van der Waals surface area contributed by atoms with Crippen LogP contribution in [0.1, 0.15) is 10.4 Å². The monoisotopic (exact) mass is 425 g/mol. The summed E-state index contributed by atoms with van der Waals surface area (Å²) in [6.45, 7) is 0. The summed E-state index contributed by atoms with van der Waals surface area (Å²) in [4.78, 5) is 13.1. The van der Waals surface area contributed by atoms with Gasteiger partial charge in [-0.3, -0.25) is 4.79 Å². The molecule has 0 aliphatic carbocycles. The van der Waals surface area contributed by atoms with Crippen LogP contribution in [0, 0.1) is 0 Å². The highest BCUT2D eigenvalue weighted by Gasteiger charge is 2.14. The number of nitrogens with one attached hydrogen (secondary N) is 1. The third-order valence-electron chi connectivity index (χ3n) is 4.97. The van der Waals surface area contributed by atoms with Crippen LogP contribution in [0.25, 0.3) is 11.1 Å². The van der Waals surface area contributed by atoms with Crippen LogP contribution in [-0.4, -0.2) is 20.1 Å². The van der Waals surface area contributed by atoms with Gasteiger partial charge in [-0.2, -0.15) is 0 Å². The first-order valence-corrected chi connectivity index (χ1v) is 10.1. The number of benzene rings is 4. The second-order valence-electron chi connectivity index (χ2n) is 7.01. The van der Waals surface area contributed by atoms with E-state index in [1.165, 1.54) is 0 Å². The molecule has 5 heteroatoms. The van der Waals surface area contributed by atoms with Crippen LogP contribution in [0.4, 0.5) is 5.69 Å². The molecular weight excluding hydrogens is 402 g/mol. The number of hydrogen-bond donors (Lipinski definition) is 1. The Bertz CT molecular complexity index is 1200. The molecule has 160 valence electrons. The topological polar surface area (TPSA) is 56.8 Å². The summed E-state index contributed by atoms with van der Waals surface area (Å²) >= 11 is 0. The van der Waals surface area contributed by atoms with Crippen LogP contribution in [0.15, 0.2) is 97.1 Å². The Morgan fingerprint density at radius 2 is 1.38 bits per heavy atom. The second kappa shape index (κ2) is 9.71. The quantitative estimate of drug-likeness (QED) is 0.371. The smallest absolute Gasteiger partial charge is 0.256 e. The predicted molar refractivity (Wildman–Crippen MR) is 126 cm³/mol. The lowest BCUT2D eigenvalue weighted by atomic mass is 9.99. The molecule has 0 aliphatic rings. The lowest BCUT2D eigenvalue weighted by Crippen LogP contribution is -2.13. The molecule has 32 heavy (non-hydrogen) atoms. The number of anilines is 1. The van der Waals surface area contributed by atoms with Gasteiger partial charge in [-0.1, -0.05) is 48.5 Å². The van der Waals surface area contributed by atoms with Gasteiger partial charge in [0.15, 0.2) is 11.5 Å². The van der Waals surface area contributed by atoms with E-state index in [4.69, 9.17) is 14.2 Å². The Morgan fingerprint density at radius 3 is 2.09 bits per heavy atom. The summed E-state index contributed by atoms with van der Waals surface area (Å²) in [5, 5.41) is 2.97. The van der Waals surface area contributed by atoms with Crippen molar-refractivity contribution in [1.82, 2.24) is 0 Å². The van der Waals surface area contributed by atoms with Crippen molar-refractivity contribution in [2.45, 2.75) is 0 Å². The van der Waals surface area contributed by atoms with E-state index in [-0.39, 0.29) is 5.91 Å². The SMILES string of the molecule is COc1ccc(Oc2cc(NC(=O)c3ccccc3-c3ccccc3)ccc2OC)cc1. The van der Waals surface area contributed by atoms with Gasteiger partial charge in [-0.25, -0.2) is 0 Å². The van der Waals surface area contributed by atoms with Crippen molar-refractivity contribution in [2.24, 2.45) is 0 Å². The molecule has 4 aromatic carbocycles. The Kier molecular flexibility index (Phi) is 6.37. The van der Waals surface area contributed by atoms with E-state index in [1.54, 1.807) is 44.6 Å². The molecule has 0 bridgehead atoms. The minimum Gasteiger partial charge on any atom is -0.497 e. The lowest BCUT2D eigenvalue weighted by molar-refractivity contribution is 0.102. The number of carbonyl (C=O) groups is 1. The third kappa shape index (κ3) is 4.73. The van der Waals surface area contributed by atoms with E-state index in [2.05, 4.69) is 5.32 Å². The van der Waals surface area contributed by atoms with E-state index in [1.807, 2.05) is 66.7 Å². The maximum Gasteiger partial charge on any atom is 0.256 e. The molecule has 0 saturated heterocycles. The standard InChI is InChI=1S/C27H23NO4/c1-30-21-13-15-22(16-14-21)32-26-18-20(12-17-25(26)31-2)28-27(29)24-11-7-6-10-23(24)19-8-4-3-5-9-19/h3-18H,1-2H3,(H,28,29). The number of rotatable bonds is 7. The minimum atomic E-state index is -0.204. The lowest BCUT2D eigenvalue weighted by Gasteiger charge is -2.14. The van der Waals surface area contributed by atoms with Crippen LogP contribution in [0.2, 0.25) is 0 Å². The van der Waals surface area contributed by atoms with E-state index in [0.717, 1.165) is 16.9 Å². The first-order valence-electron chi connectivity index (χ1n) is 10.1. The summed E-state index contributed by atoms with van der Waals surface area (Å²) in [5.41, 5.74) is 3.04. The molecular formula is C27H23NO4. The molecule has 1 amide bonds. The fourth-order valence-corrected chi connectivity index (χ4v) is 3.35. The van der Waals surface area contributed by atoms with Crippen molar-refractivity contribution in [1.29, 1.82) is 0 Å². The van der Waals surface area contributed by atoms with Gasteiger partial charge in [0, 0.05) is 17.3 Å². The fourth-order valence-electron chi connectivity index (χ4n) is 3.35. The molecule has 0 aromatic heterocycles. The van der Waals surface area contributed by atoms with Crippen LogP contribution in [0.5, 0.6) is 23.0 Å². The zero-order chi connectivity index (χ0) is 22.3. The van der Waals surface area contributed by atoms with Crippen LogP contribution in [0.3, 0.4) is 0 Å². The zero-order valence-electron chi connectivity index (χ0n) is 17.9. The van der Waals surface area contributed by atoms with Crippen molar-refractivity contribution in [3.63, 3.8) is 0 Å². The van der Waals surface area contributed by atoms with Crippen molar-refractivity contribution in [3.05, 3.63) is 103 Å². The van der Waals surface area contributed by atoms with Gasteiger partial charge in [0.05, 0.1) is 14.2 Å². The summed E-state index contributed by atoms with van der Waals surface area (Å²) in [6.07, 6.45) is 0. The summed E-state index contributed by atoms with van der Waals surface area (Å²) < 4.78 is 16.6. The van der Waals surface area contributed by atoms with E-state index < -0.39 is 0 Å². The molecule has 0 aliphatic heterocycles. The van der Waals surface area contributed by atoms with Crippen LogP contribution >= 0.6 is 0 Å². The van der Waals surface area contributed by atoms with Gasteiger partial charge in [-0.05, 0) is 53.6 Å². The minimum absolute atomic E-state index is 0.204. The highest BCUT2D eigenvalue weighted by atomic mass is 16.5. The summed E-state index contributed by atoms with van der Waals surface area (Å²) in [6, 6.07) is 29.9. The predicted octanol–water partition coefficient (Wildman–Crippen LogP) is 6.42. The van der Waals surface area contributed by atoms with Crippen LogP contribution in [-0.2, 0) is 0 Å². The molecule has 0 unspecified atom stereocenters. The molecule has 0 spiro atoms. The molecule has 0 radical (unpaired) electrons. The zero-order valence-corrected chi connectivity index (χ0v) is 17.9. The maximum absolute atomic E-state index is 13.1. The van der Waals surface area contributed by atoms with Crippen molar-refractivity contribution in [3.8, 4) is 34.1 Å². The number of carbonyl (C=O) groups excluding carboxylic acids is 1. The number of amides is 1. The van der Waals surface area contributed by atoms with Gasteiger partial charge in [-0.15, -0.1) is 0 Å². The molecule has 4 aromatic rings. The Labute approximate surface area is 187 Å². The average Bonchev–Trinajstić information content (AvgIpc) is 2.85. The van der Waals surface area contributed by atoms with Crippen molar-refractivity contribution >= 4 is 11.6 Å². The Hall–Kier alpha value is -4.25. The largest absolute Gasteiger partial charge is 0.497 e. The fraction of sp³-hybridized carbons (Fsp3) is 0.0741. The Balaban J connectivity index is 1.59. The van der Waals surface area contributed by atoms with Crippen molar-refractivity contribution in [2.75, 3.05) is 19.5 Å². The molecule has 0 saturated carbocycles. The number of hydrogen-bond acceptors (Lipinski definition) is 4. The van der Waals surface area contributed by atoms with E-state index >= 15 is 0 Å². The average molecular weight is 425 g/mol. The summed E-state index contributed by atoms with van der Waals surface area (Å²) in [7, 11) is 3.19. The van der Waals surface area contributed by atoms with Gasteiger partial charge in [0.2, 0.25) is 0 Å². The van der Waals surface area contributed by atoms with Crippen molar-refractivity contribution < 1.29 is 19.0 Å². The maximum atomic E-state index is 13.1. The van der Waals surface area contributed by atoms with Gasteiger partial charge < -0.3 is 19.5 Å². The highest BCUT2D eigenvalue weighted by molar-refractivity contribution is 6.08. The first-order chi connectivity index (χ1) is 15.7. The normalized spacial score (nSPS) is 10.3. The third-order valence-corrected chi connectivity index (χ3v) is 4.97. The molecule has 0 atom stereocenters. The van der Waals surface area contributed by atoms with E-state index in [0.29, 0.717) is 28.5 Å². The number of methoxy groups -OCH3 is 2. The van der Waals surface area contributed by atoms with Gasteiger partial charge >= 0.3 is 0 Å². The number of ether oxygens (including phenoxy) is 3. The van der Waals surface area contributed by atoms with Crippen LogP contribution < -0.4 is 19.5 Å². The highest BCUT2D eigenvalue weighted by Crippen LogP contribution is 2.35. The van der Waals surface area contributed by atoms with Gasteiger partial charge in [0.25, 0.3) is 5.91 Å². The molecule has 4 rings (SSSR count). The van der Waals surface area contributed by atoms with E-state index in [9.17, 15) is 4.79 Å². The first kappa shape index (κ1) is 21.0. The second-order valence-corrected chi connectivity index (χ2v) is 7.01. The van der Waals surface area contributed by atoms with Gasteiger partial charge in [0.1, 0.15) is 11.5 Å². The molecule has 0 heterocycles.